The smallest absolute Gasteiger partial charge is 0.444 e. The van der Waals surface area contributed by atoms with Crippen LogP contribution in [0.4, 0.5) is 15.3 Å². The summed E-state index contributed by atoms with van der Waals surface area (Å²) in [5, 5.41) is 8.88. The predicted molar refractivity (Wildman–Crippen MR) is 210 cm³/mol. The maximum Gasteiger partial charge on any atom is 0.514 e. The summed E-state index contributed by atoms with van der Waals surface area (Å²) in [7, 11) is 0. The molecule has 0 aliphatic heterocycles. The Kier molecular flexibility index (Phi) is 16.2. The first-order valence-electron chi connectivity index (χ1n) is 18.7. The number of halogens is 1. The number of aryl methyl sites for hydroxylation is 1. The van der Waals surface area contributed by atoms with Gasteiger partial charge in [-0.3, -0.25) is 9.59 Å². The number of ether oxygens (including phenoxy) is 3. The number of rotatable bonds is 16. The molecular weight excluding hydrogens is 738 g/mol. The maximum absolute atomic E-state index is 13.7. The predicted octanol–water partition coefficient (Wildman–Crippen LogP) is 9.28. The first-order valence-corrected chi connectivity index (χ1v) is 19.5. The van der Waals surface area contributed by atoms with Crippen molar-refractivity contribution in [1.29, 1.82) is 0 Å². The average molecular weight is 793 g/mol. The van der Waals surface area contributed by atoms with Crippen molar-refractivity contribution in [1.82, 2.24) is 10.6 Å². The zero-order chi connectivity index (χ0) is 38.2. The van der Waals surface area contributed by atoms with E-state index >= 15 is 0 Å². The van der Waals surface area contributed by atoms with Crippen LogP contribution in [0.1, 0.15) is 95.8 Å². The third-order valence-electron chi connectivity index (χ3n) is 9.19. The van der Waals surface area contributed by atoms with Crippen molar-refractivity contribution >= 4 is 45.7 Å². The van der Waals surface area contributed by atoms with Gasteiger partial charge in [-0.25, -0.2) is 9.59 Å². The van der Waals surface area contributed by atoms with Crippen LogP contribution in [0.3, 0.4) is 0 Å². The van der Waals surface area contributed by atoms with E-state index in [9.17, 15) is 19.2 Å². The van der Waals surface area contributed by atoms with Gasteiger partial charge in [-0.1, -0.05) is 84.6 Å². The van der Waals surface area contributed by atoms with E-state index in [1.807, 2.05) is 69.3 Å². The van der Waals surface area contributed by atoms with Crippen LogP contribution in [0.25, 0.3) is 0 Å². The number of alkyl carbamates (subject to hydrolysis) is 1. The van der Waals surface area contributed by atoms with Gasteiger partial charge >= 0.3 is 12.2 Å². The third kappa shape index (κ3) is 14.9. The van der Waals surface area contributed by atoms with E-state index in [4.69, 9.17) is 14.2 Å². The third-order valence-corrected chi connectivity index (χ3v) is 9.97. The standard InChI is InChI=1S/C42H54BrN3O7/c1-5-6-7-8-11-29-16-22-34(23-17-29)45-39(48)37(46-38(47)32-20-14-31(15-21-32)27-44-40(49)53-42(2,3)4)26-30-18-24-35(25-19-30)52-41(50)51-28-33-12-9-10-13-36(33)43/h9-10,12-13,16-19,22-25,31-32,37H,5-8,11,14-15,20-21,26-28H2,1-4H3,(H,44,49)(H,45,48)(H,46,47)/t31?,32?,37-/m0/s1. The number of benzene rings is 3. The Bertz CT molecular complexity index is 1630. The topological polar surface area (TPSA) is 132 Å². The Morgan fingerprint density at radius 2 is 1.53 bits per heavy atom. The lowest BCUT2D eigenvalue weighted by Gasteiger charge is -2.29. The highest BCUT2D eigenvalue weighted by atomic mass is 79.9. The molecule has 11 heteroatoms. The van der Waals surface area contributed by atoms with E-state index in [1.54, 1.807) is 24.3 Å². The quantitative estimate of drug-likeness (QED) is 0.0749. The molecule has 0 unspecified atom stereocenters. The number of carbonyl (C=O) groups excluding carboxylic acids is 4. The first-order chi connectivity index (χ1) is 25.4. The lowest BCUT2D eigenvalue weighted by molar-refractivity contribution is -0.130. The summed E-state index contributed by atoms with van der Waals surface area (Å²) in [5.74, 6) is -0.186. The molecule has 3 aromatic rings. The molecule has 0 saturated heterocycles. The molecule has 1 aliphatic carbocycles. The van der Waals surface area contributed by atoms with E-state index in [2.05, 4.69) is 38.8 Å². The summed E-state index contributed by atoms with van der Waals surface area (Å²) >= 11 is 3.44. The summed E-state index contributed by atoms with van der Waals surface area (Å²) in [6.45, 7) is 8.22. The molecule has 0 bridgehead atoms. The Hall–Kier alpha value is -4.38. The summed E-state index contributed by atoms with van der Waals surface area (Å²) in [5.41, 5.74) is 2.91. The number of hydrogen-bond acceptors (Lipinski definition) is 7. The van der Waals surface area contributed by atoms with Crippen LogP contribution < -0.4 is 20.7 Å². The highest BCUT2D eigenvalue weighted by Gasteiger charge is 2.30. The minimum Gasteiger partial charge on any atom is -0.444 e. The second-order valence-electron chi connectivity index (χ2n) is 14.7. The van der Waals surface area contributed by atoms with Gasteiger partial charge in [0.25, 0.3) is 0 Å². The molecule has 0 radical (unpaired) electrons. The highest BCUT2D eigenvalue weighted by molar-refractivity contribution is 9.10. The molecular formula is C42H54BrN3O7. The number of anilines is 1. The van der Waals surface area contributed by atoms with Gasteiger partial charge in [0, 0.05) is 34.6 Å². The summed E-state index contributed by atoms with van der Waals surface area (Å²) < 4.78 is 16.8. The fourth-order valence-electron chi connectivity index (χ4n) is 6.22. The van der Waals surface area contributed by atoms with Crippen LogP contribution >= 0.6 is 15.9 Å². The lowest BCUT2D eigenvalue weighted by Crippen LogP contribution is -2.48. The van der Waals surface area contributed by atoms with Crippen LogP contribution in [0, 0.1) is 11.8 Å². The minimum atomic E-state index is -0.844. The molecule has 1 aliphatic rings. The van der Waals surface area contributed by atoms with Gasteiger partial charge in [-0.05, 0) is 107 Å². The fourth-order valence-corrected chi connectivity index (χ4v) is 6.62. The molecule has 1 atom stereocenters. The highest BCUT2D eigenvalue weighted by Crippen LogP contribution is 2.29. The van der Waals surface area contributed by atoms with Crippen LogP contribution in [-0.4, -0.2) is 42.3 Å². The van der Waals surface area contributed by atoms with Crippen LogP contribution in [0.2, 0.25) is 0 Å². The second-order valence-corrected chi connectivity index (χ2v) is 15.6. The van der Waals surface area contributed by atoms with Gasteiger partial charge in [0.05, 0.1) is 0 Å². The molecule has 3 N–H and O–H groups in total. The Morgan fingerprint density at radius 1 is 0.849 bits per heavy atom. The number of unbranched alkanes of at least 4 members (excludes halogenated alkanes) is 3. The minimum absolute atomic E-state index is 0.0567. The second kappa shape index (κ2) is 20.8. The molecule has 3 amide bonds. The van der Waals surface area contributed by atoms with E-state index in [0.717, 1.165) is 41.3 Å². The van der Waals surface area contributed by atoms with Crippen molar-refractivity contribution < 1.29 is 33.4 Å². The van der Waals surface area contributed by atoms with Crippen molar-refractivity contribution in [3.63, 3.8) is 0 Å². The maximum atomic E-state index is 13.7. The van der Waals surface area contributed by atoms with Gasteiger partial charge < -0.3 is 30.2 Å². The zero-order valence-corrected chi connectivity index (χ0v) is 33.0. The van der Waals surface area contributed by atoms with Gasteiger partial charge in [-0.15, -0.1) is 0 Å². The Balaban J connectivity index is 1.35. The van der Waals surface area contributed by atoms with Crippen LogP contribution in [0.5, 0.6) is 5.75 Å². The summed E-state index contributed by atoms with van der Waals surface area (Å²) in [4.78, 5) is 51.8. The van der Waals surface area contributed by atoms with Gasteiger partial charge in [-0.2, -0.15) is 0 Å². The van der Waals surface area contributed by atoms with Crippen molar-refractivity contribution in [2.45, 2.75) is 110 Å². The van der Waals surface area contributed by atoms with E-state index in [0.29, 0.717) is 30.8 Å². The monoisotopic (exact) mass is 791 g/mol. The molecule has 3 aromatic carbocycles. The molecule has 0 aromatic heterocycles. The SMILES string of the molecule is CCCCCCc1ccc(NC(=O)[C@H](Cc2ccc(OC(=O)OCc3ccccc3Br)cc2)NC(=O)C2CCC(CNC(=O)OC(C)(C)C)CC2)cc1. The number of carbonyl (C=O) groups is 4. The van der Waals surface area contributed by atoms with Gasteiger partial charge in [0.15, 0.2) is 0 Å². The van der Waals surface area contributed by atoms with Gasteiger partial charge in [0.1, 0.15) is 24.0 Å². The average Bonchev–Trinajstić information content (AvgIpc) is 3.13. The fraction of sp³-hybridized carbons (Fsp3) is 0.476. The Labute approximate surface area is 322 Å². The summed E-state index contributed by atoms with van der Waals surface area (Å²) in [6, 6.07) is 21.3. The molecule has 0 heterocycles. The van der Waals surface area contributed by atoms with E-state index in [1.165, 1.54) is 24.8 Å². The molecule has 286 valence electrons. The van der Waals surface area contributed by atoms with E-state index in [-0.39, 0.29) is 36.7 Å². The van der Waals surface area contributed by atoms with Crippen molar-refractivity contribution in [2.24, 2.45) is 11.8 Å². The number of nitrogens with one attached hydrogen (secondary N) is 3. The lowest BCUT2D eigenvalue weighted by atomic mass is 9.81. The van der Waals surface area contributed by atoms with Crippen molar-refractivity contribution in [3.05, 3.63) is 94.0 Å². The normalized spacial score (nSPS) is 16.2. The van der Waals surface area contributed by atoms with Crippen LogP contribution in [-0.2, 0) is 38.5 Å². The molecule has 10 nitrogen and oxygen atoms in total. The molecule has 0 spiro atoms. The molecule has 1 fully saturated rings. The molecule has 4 rings (SSSR count). The largest absolute Gasteiger partial charge is 0.514 e. The number of hydrogen-bond donors (Lipinski definition) is 3. The van der Waals surface area contributed by atoms with Crippen molar-refractivity contribution in [2.75, 3.05) is 11.9 Å². The molecule has 1 saturated carbocycles. The molecule has 53 heavy (non-hydrogen) atoms. The van der Waals surface area contributed by atoms with Gasteiger partial charge in [0.2, 0.25) is 11.8 Å². The van der Waals surface area contributed by atoms with E-state index < -0.39 is 23.9 Å². The summed E-state index contributed by atoms with van der Waals surface area (Å²) in [6.07, 6.45) is 7.57. The van der Waals surface area contributed by atoms with Crippen LogP contribution in [0.15, 0.2) is 77.3 Å². The number of amides is 3. The zero-order valence-electron chi connectivity index (χ0n) is 31.4. The van der Waals surface area contributed by atoms with Crippen molar-refractivity contribution in [3.8, 4) is 5.75 Å². The Morgan fingerprint density at radius 3 is 2.19 bits per heavy atom. The first kappa shape index (κ1) is 41.4.